The molecule has 1 N–H and O–H groups in total. The maximum Gasteiger partial charge on any atom is 0.235 e. The largest absolute Gasteiger partial charge is 0.380 e. The van der Waals surface area contributed by atoms with Gasteiger partial charge in [-0.1, -0.05) is 24.3 Å². The second-order valence-corrected chi connectivity index (χ2v) is 3.46. The number of hydrogen-bond acceptors (Lipinski definition) is 4. The van der Waals surface area contributed by atoms with E-state index in [9.17, 15) is 15.2 Å². The van der Waals surface area contributed by atoms with Crippen molar-refractivity contribution in [3.8, 4) is 0 Å². The molecule has 1 unspecified atom stereocenters. The predicted molar refractivity (Wildman–Crippen MR) is 58.6 cm³/mol. The number of benzene rings is 1. The number of rotatable bonds is 3. The number of nitro groups is 1. The quantitative estimate of drug-likeness (QED) is 0.626. The Balaban J connectivity index is 2.35. The summed E-state index contributed by atoms with van der Waals surface area (Å²) in [7, 11) is 0. The van der Waals surface area contributed by atoms with Crippen molar-refractivity contribution in [3.05, 3.63) is 52.2 Å². The van der Waals surface area contributed by atoms with Crippen LogP contribution in [-0.2, 0) is 0 Å². The van der Waals surface area contributed by atoms with Crippen molar-refractivity contribution >= 4 is 10.9 Å². The van der Waals surface area contributed by atoms with Gasteiger partial charge in [-0.2, -0.15) is 0 Å². The Hall–Kier alpha value is -2.01. The molecule has 0 bridgehead atoms. The molecule has 16 heavy (non-hydrogen) atoms. The number of aliphatic hydroxyl groups is 1. The normalized spacial score (nSPS) is 12.6. The van der Waals surface area contributed by atoms with Crippen LogP contribution in [0.2, 0.25) is 0 Å². The topological polar surface area (TPSA) is 76.3 Å². The second-order valence-electron chi connectivity index (χ2n) is 3.46. The Bertz CT molecular complexity index is 527. The van der Waals surface area contributed by atoms with E-state index < -0.39 is 17.6 Å². The highest BCUT2D eigenvalue weighted by atomic mass is 16.6. The van der Waals surface area contributed by atoms with E-state index in [2.05, 4.69) is 4.98 Å². The molecule has 2 rings (SSSR count). The lowest BCUT2D eigenvalue weighted by molar-refractivity contribution is -0.491. The highest BCUT2D eigenvalue weighted by Gasteiger charge is 2.15. The minimum atomic E-state index is -1.15. The van der Waals surface area contributed by atoms with Crippen molar-refractivity contribution < 1.29 is 10.0 Å². The van der Waals surface area contributed by atoms with E-state index in [1.54, 1.807) is 18.2 Å². The average molecular weight is 218 g/mol. The number of para-hydroxylation sites is 1. The molecule has 1 heterocycles. The molecule has 5 heteroatoms. The fourth-order valence-electron chi connectivity index (χ4n) is 1.50. The molecular weight excluding hydrogens is 208 g/mol. The third kappa shape index (κ3) is 2.14. The molecule has 0 aliphatic rings. The standard InChI is InChI=1S/C11H10N2O3/c14-11(7-13(15)16)10-6-5-8-3-1-2-4-9(8)12-10/h1-6,11,14H,7H2. The first-order valence-electron chi connectivity index (χ1n) is 4.82. The summed E-state index contributed by atoms with van der Waals surface area (Å²) in [6, 6.07) is 10.8. The monoisotopic (exact) mass is 218 g/mol. The van der Waals surface area contributed by atoms with Crippen molar-refractivity contribution in [1.82, 2.24) is 4.98 Å². The zero-order chi connectivity index (χ0) is 11.5. The van der Waals surface area contributed by atoms with E-state index in [-0.39, 0.29) is 0 Å². The van der Waals surface area contributed by atoms with E-state index in [0.29, 0.717) is 5.69 Å². The first kappa shape index (κ1) is 10.5. The molecule has 0 radical (unpaired) electrons. The number of aromatic nitrogens is 1. The van der Waals surface area contributed by atoms with Gasteiger partial charge in [0, 0.05) is 10.3 Å². The van der Waals surface area contributed by atoms with Gasteiger partial charge in [-0.3, -0.25) is 10.1 Å². The van der Waals surface area contributed by atoms with Crippen LogP contribution in [0.5, 0.6) is 0 Å². The summed E-state index contributed by atoms with van der Waals surface area (Å²) in [5.41, 5.74) is 1.05. The van der Waals surface area contributed by atoms with Gasteiger partial charge in [0.2, 0.25) is 6.54 Å². The molecule has 0 amide bonds. The van der Waals surface area contributed by atoms with Crippen molar-refractivity contribution in [2.45, 2.75) is 6.10 Å². The zero-order valence-corrected chi connectivity index (χ0v) is 8.41. The molecule has 1 atom stereocenters. The summed E-state index contributed by atoms with van der Waals surface area (Å²) in [5, 5.41) is 20.8. The molecule has 0 aliphatic carbocycles. The van der Waals surface area contributed by atoms with Crippen LogP contribution < -0.4 is 0 Å². The van der Waals surface area contributed by atoms with Gasteiger partial charge in [0.05, 0.1) is 11.2 Å². The second kappa shape index (κ2) is 4.24. The number of aliphatic hydroxyl groups excluding tert-OH is 1. The smallest absolute Gasteiger partial charge is 0.235 e. The zero-order valence-electron chi connectivity index (χ0n) is 8.41. The lowest BCUT2D eigenvalue weighted by Gasteiger charge is -2.06. The van der Waals surface area contributed by atoms with E-state index in [1.807, 2.05) is 18.2 Å². The molecule has 0 spiro atoms. The third-order valence-corrected chi connectivity index (χ3v) is 2.28. The van der Waals surface area contributed by atoms with E-state index in [1.165, 1.54) is 0 Å². The fraction of sp³-hybridized carbons (Fsp3) is 0.182. The molecule has 2 aromatic rings. The summed E-state index contributed by atoms with van der Waals surface area (Å²) in [5.74, 6) is 0. The summed E-state index contributed by atoms with van der Waals surface area (Å²) >= 11 is 0. The van der Waals surface area contributed by atoms with Crippen LogP contribution in [0.25, 0.3) is 10.9 Å². The molecule has 5 nitrogen and oxygen atoms in total. The first-order valence-corrected chi connectivity index (χ1v) is 4.82. The van der Waals surface area contributed by atoms with Crippen molar-refractivity contribution in [2.24, 2.45) is 0 Å². The Kier molecular flexibility index (Phi) is 2.78. The van der Waals surface area contributed by atoms with Gasteiger partial charge >= 0.3 is 0 Å². The molecule has 1 aromatic heterocycles. The highest BCUT2D eigenvalue weighted by molar-refractivity contribution is 5.78. The molecule has 0 aliphatic heterocycles. The molecule has 82 valence electrons. The molecule has 0 saturated heterocycles. The molecule has 0 saturated carbocycles. The maximum atomic E-state index is 10.3. The Labute approximate surface area is 91.5 Å². The van der Waals surface area contributed by atoms with Crippen LogP contribution in [0.15, 0.2) is 36.4 Å². The minimum Gasteiger partial charge on any atom is -0.380 e. The van der Waals surface area contributed by atoms with Crippen LogP contribution >= 0.6 is 0 Å². The number of nitrogens with zero attached hydrogens (tertiary/aromatic N) is 2. The van der Waals surface area contributed by atoms with Crippen LogP contribution in [0.4, 0.5) is 0 Å². The van der Waals surface area contributed by atoms with Gasteiger partial charge in [-0.25, -0.2) is 4.98 Å². The average Bonchev–Trinajstić information content (AvgIpc) is 2.27. The third-order valence-electron chi connectivity index (χ3n) is 2.28. The van der Waals surface area contributed by atoms with E-state index in [0.717, 1.165) is 10.9 Å². The van der Waals surface area contributed by atoms with Gasteiger partial charge in [0.15, 0.2) is 6.10 Å². The summed E-state index contributed by atoms with van der Waals surface area (Å²) in [6.07, 6.45) is -1.15. The van der Waals surface area contributed by atoms with Crippen LogP contribution in [0, 0.1) is 10.1 Å². The van der Waals surface area contributed by atoms with Crippen molar-refractivity contribution in [3.63, 3.8) is 0 Å². The fourth-order valence-corrected chi connectivity index (χ4v) is 1.50. The summed E-state index contributed by atoms with van der Waals surface area (Å²) < 4.78 is 0. The lowest BCUT2D eigenvalue weighted by Crippen LogP contribution is -2.13. The van der Waals surface area contributed by atoms with Gasteiger partial charge in [0.25, 0.3) is 0 Å². The van der Waals surface area contributed by atoms with Crippen LogP contribution in [-0.4, -0.2) is 21.6 Å². The van der Waals surface area contributed by atoms with Crippen LogP contribution in [0.1, 0.15) is 11.8 Å². The number of hydrogen-bond donors (Lipinski definition) is 1. The Morgan fingerprint density at radius 3 is 2.81 bits per heavy atom. The number of pyridine rings is 1. The van der Waals surface area contributed by atoms with Gasteiger partial charge in [-0.05, 0) is 12.1 Å². The van der Waals surface area contributed by atoms with E-state index >= 15 is 0 Å². The Morgan fingerprint density at radius 1 is 1.31 bits per heavy atom. The Morgan fingerprint density at radius 2 is 2.06 bits per heavy atom. The highest BCUT2D eigenvalue weighted by Crippen LogP contribution is 2.16. The minimum absolute atomic E-state index is 0.329. The lowest BCUT2D eigenvalue weighted by atomic mass is 10.1. The molecule has 1 aromatic carbocycles. The SMILES string of the molecule is O=[N+]([O-])CC(O)c1ccc2ccccc2n1. The predicted octanol–water partition coefficient (Wildman–Crippen LogP) is 1.54. The van der Waals surface area contributed by atoms with Crippen molar-refractivity contribution in [2.75, 3.05) is 6.54 Å². The molecule has 0 fully saturated rings. The van der Waals surface area contributed by atoms with Crippen LogP contribution in [0.3, 0.4) is 0 Å². The first-order chi connectivity index (χ1) is 7.66. The van der Waals surface area contributed by atoms with Gasteiger partial charge in [0.1, 0.15) is 0 Å². The summed E-state index contributed by atoms with van der Waals surface area (Å²) in [6.45, 7) is -0.522. The van der Waals surface area contributed by atoms with Crippen molar-refractivity contribution in [1.29, 1.82) is 0 Å². The molecular formula is C11H10N2O3. The van der Waals surface area contributed by atoms with Gasteiger partial charge in [-0.15, -0.1) is 0 Å². The summed E-state index contributed by atoms with van der Waals surface area (Å²) in [4.78, 5) is 13.9. The van der Waals surface area contributed by atoms with Gasteiger partial charge < -0.3 is 5.11 Å². The number of fused-ring (bicyclic) bond motifs is 1. The maximum absolute atomic E-state index is 10.3. The van der Waals surface area contributed by atoms with E-state index in [4.69, 9.17) is 0 Å².